The predicted molar refractivity (Wildman–Crippen MR) is 213 cm³/mol. The van der Waals surface area contributed by atoms with Gasteiger partial charge in [-0.25, -0.2) is 4.79 Å². The van der Waals surface area contributed by atoms with Crippen molar-refractivity contribution in [1.82, 2.24) is 10.6 Å². The summed E-state index contributed by atoms with van der Waals surface area (Å²) in [6.45, 7) is 3.17. The van der Waals surface area contributed by atoms with Crippen LogP contribution in [0.5, 0.6) is 0 Å². The lowest BCUT2D eigenvalue weighted by Crippen LogP contribution is -2.47. The summed E-state index contributed by atoms with van der Waals surface area (Å²) in [6.07, 6.45) is 46.2. The Bertz CT molecular complexity index is 1150. The van der Waals surface area contributed by atoms with E-state index in [4.69, 9.17) is 14.9 Å². The van der Waals surface area contributed by atoms with Gasteiger partial charge in [0.25, 0.3) is 0 Å². The van der Waals surface area contributed by atoms with Crippen LogP contribution in [0.25, 0.3) is 0 Å². The lowest BCUT2D eigenvalue weighted by atomic mass is 10.1. The molecule has 2 unspecified atom stereocenters. The highest BCUT2D eigenvalue weighted by Gasteiger charge is 2.18. The number of carbonyl (C=O) groups is 4. The molecular weight excluding hydrogens is 656 g/mol. The minimum atomic E-state index is -1.41. The van der Waals surface area contributed by atoms with Crippen molar-refractivity contribution in [2.24, 2.45) is 0 Å². The minimum absolute atomic E-state index is 0.183. The molecule has 4 N–H and O–H groups in total. The molecule has 0 aromatic heterocycles. The maximum atomic E-state index is 12.7. The fourth-order valence-corrected chi connectivity index (χ4v) is 4.93. The zero-order valence-electron chi connectivity index (χ0n) is 32.0. The van der Waals surface area contributed by atoms with E-state index < -0.39 is 24.5 Å². The number of rotatable bonds is 33. The quantitative estimate of drug-likeness (QED) is 0.0301. The van der Waals surface area contributed by atoms with Gasteiger partial charge < -0.3 is 25.6 Å². The summed E-state index contributed by atoms with van der Waals surface area (Å²) >= 11 is 0. The van der Waals surface area contributed by atoms with Gasteiger partial charge in [0, 0.05) is 12.8 Å². The Morgan fingerprint density at radius 3 is 1.67 bits per heavy atom. The number of carbonyl (C=O) groups excluding carboxylic acids is 3. The first kappa shape index (κ1) is 48.0. The van der Waals surface area contributed by atoms with Gasteiger partial charge in [-0.3, -0.25) is 14.4 Å². The van der Waals surface area contributed by atoms with Crippen molar-refractivity contribution in [2.45, 2.75) is 148 Å². The van der Waals surface area contributed by atoms with Gasteiger partial charge in [-0.1, -0.05) is 119 Å². The topological polar surface area (TPSA) is 142 Å². The second-order valence-corrected chi connectivity index (χ2v) is 12.6. The molecule has 292 valence electrons. The molecule has 0 saturated carbocycles. The molecule has 0 aliphatic heterocycles. The van der Waals surface area contributed by atoms with Crippen LogP contribution >= 0.6 is 0 Å². The second kappa shape index (κ2) is 36.8. The van der Waals surface area contributed by atoms with Crippen LogP contribution in [0.1, 0.15) is 136 Å². The molecule has 2 atom stereocenters. The highest BCUT2D eigenvalue weighted by molar-refractivity contribution is 5.87. The van der Waals surface area contributed by atoms with Crippen molar-refractivity contribution in [1.29, 1.82) is 0 Å². The third kappa shape index (κ3) is 33.2. The van der Waals surface area contributed by atoms with Gasteiger partial charge in [-0.15, -0.1) is 0 Å². The Morgan fingerprint density at radius 1 is 0.596 bits per heavy atom. The first-order valence-electron chi connectivity index (χ1n) is 19.5. The third-order valence-electron chi connectivity index (χ3n) is 7.87. The van der Waals surface area contributed by atoms with Crippen LogP contribution < -0.4 is 10.6 Å². The van der Waals surface area contributed by atoms with E-state index in [1.807, 2.05) is 12.2 Å². The normalized spacial score (nSPS) is 13.4. The number of allylic oxidation sites excluding steroid dienone is 13. The first-order chi connectivity index (χ1) is 25.3. The number of aliphatic carboxylic acids is 1. The largest absolute Gasteiger partial charge is 0.480 e. The first-order valence-corrected chi connectivity index (χ1v) is 19.5. The maximum Gasteiger partial charge on any atom is 0.328 e. The molecule has 9 heteroatoms. The molecular formula is C43H68N2O7. The van der Waals surface area contributed by atoms with Crippen LogP contribution in [0.3, 0.4) is 0 Å². The van der Waals surface area contributed by atoms with E-state index in [1.54, 1.807) is 0 Å². The summed E-state index contributed by atoms with van der Waals surface area (Å²) in [7, 11) is 0. The average Bonchev–Trinajstić information content (AvgIpc) is 3.13. The molecule has 0 radical (unpaired) electrons. The van der Waals surface area contributed by atoms with Crippen molar-refractivity contribution < 1.29 is 34.1 Å². The van der Waals surface area contributed by atoms with Crippen LogP contribution in [-0.2, 0) is 23.9 Å². The Balaban J connectivity index is 4.54. The summed E-state index contributed by atoms with van der Waals surface area (Å²) in [4.78, 5) is 47.5. The summed E-state index contributed by atoms with van der Waals surface area (Å²) < 4.78 is 5.84. The van der Waals surface area contributed by atoms with Crippen molar-refractivity contribution in [3.63, 3.8) is 0 Å². The van der Waals surface area contributed by atoms with Gasteiger partial charge in [0.2, 0.25) is 11.8 Å². The molecule has 0 bridgehead atoms. The number of aliphatic hydroxyl groups excluding tert-OH is 1. The Hall–Kier alpha value is -3.98. The van der Waals surface area contributed by atoms with Crippen LogP contribution in [0.4, 0.5) is 0 Å². The second-order valence-electron chi connectivity index (χ2n) is 12.6. The SMILES string of the molecule is CC/C=C\C/C=C\C/C=C\C/C=C\C(CCCCCC(=O)NCC(=O)NC(CO)C(=O)O)OC(=O)CCCCCCC/C=C\C/C=C\C/C=C\CC. The number of hydrogen-bond donors (Lipinski definition) is 4. The zero-order chi connectivity index (χ0) is 38.3. The summed E-state index contributed by atoms with van der Waals surface area (Å²) in [5, 5.41) is 22.5. The Morgan fingerprint density at radius 2 is 1.10 bits per heavy atom. The van der Waals surface area contributed by atoms with Gasteiger partial charge >= 0.3 is 11.9 Å². The van der Waals surface area contributed by atoms with Crippen molar-refractivity contribution in [2.75, 3.05) is 13.2 Å². The number of carboxylic acids is 1. The van der Waals surface area contributed by atoms with E-state index in [0.29, 0.717) is 19.3 Å². The lowest BCUT2D eigenvalue weighted by molar-refractivity contribution is -0.147. The fourth-order valence-electron chi connectivity index (χ4n) is 4.93. The highest BCUT2D eigenvalue weighted by atomic mass is 16.5. The van der Waals surface area contributed by atoms with E-state index in [1.165, 1.54) is 0 Å². The van der Waals surface area contributed by atoms with Gasteiger partial charge in [-0.2, -0.15) is 0 Å². The lowest BCUT2D eigenvalue weighted by Gasteiger charge is -2.15. The number of ether oxygens (including phenoxy) is 1. The van der Waals surface area contributed by atoms with E-state index in [0.717, 1.165) is 96.3 Å². The van der Waals surface area contributed by atoms with Crippen molar-refractivity contribution in [3.8, 4) is 0 Å². The molecule has 0 heterocycles. The predicted octanol–water partition coefficient (Wildman–Crippen LogP) is 8.92. The van der Waals surface area contributed by atoms with Crippen molar-refractivity contribution >= 4 is 23.8 Å². The molecule has 0 aromatic rings. The van der Waals surface area contributed by atoms with E-state index in [9.17, 15) is 19.2 Å². The number of unbranched alkanes of at least 4 members (excludes halogenated alkanes) is 7. The number of amides is 2. The molecule has 0 aliphatic carbocycles. The van der Waals surface area contributed by atoms with Crippen LogP contribution in [0, 0.1) is 0 Å². The molecule has 0 fully saturated rings. The fraction of sp³-hybridized carbons (Fsp3) is 0.581. The number of nitrogens with one attached hydrogen (secondary N) is 2. The number of carboxylic acid groups (broad SMARTS) is 1. The molecule has 0 saturated heterocycles. The summed E-state index contributed by atoms with van der Waals surface area (Å²) in [5.74, 6) is -2.53. The van der Waals surface area contributed by atoms with E-state index in [-0.39, 0.29) is 30.9 Å². The van der Waals surface area contributed by atoms with Crippen molar-refractivity contribution in [3.05, 3.63) is 85.1 Å². The Kier molecular flexibility index (Phi) is 34.0. The maximum absolute atomic E-state index is 12.7. The van der Waals surface area contributed by atoms with Gasteiger partial charge in [0.1, 0.15) is 12.1 Å². The standard InChI is InChI=1S/C43H68N2O7/c1-3-5-7-9-11-13-15-16-17-18-20-22-24-26-31-35-42(49)52-38(32-28-25-23-21-19-14-12-10-8-6-4-2)33-29-27-30-34-40(47)44-36-41(48)45-39(37-46)43(50)51/h5-8,11-14,16-17,21,23,28,32,38-39,46H,3-4,9-10,15,18-20,22,24-27,29-31,33-37H2,1-2H3,(H,44,47)(H,45,48)(H,50,51)/b7-5-,8-6-,13-11-,14-12-,17-16-,23-21-,32-28-. The molecule has 2 amide bonds. The van der Waals surface area contributed by atoms with Gasteiger partial charge in [0.05, 0.1) is 13.2 Å². The molecule has 9 nitrogen and oxygen atoms in total. The number of aliphatic hydroxyl groups is 1. The van der Waals surface area contributed by atoms with Crippen LogP contribution in [-0.4, -0.2) is 59.3 Å². The summed E-state index contributed by atoms with van der Waals surface area (Å²) in [5.41, 5.74) is 0. The van der Waals surface area contributed by atoms with Crippen LogP contribution in [0.15, 0.2) is 85.1 Å². The zero-order valence-corrected chi connectivity index (χ0v) is 32.0. The molecule has 0 spiro atoms. The molecule has 0 aliphatic rings. The van der Waals surface area contributed by atoms with Crippen LogP contribution in [0.2, 0.25) is 0 Å². The smallest absolute Gasteiger partial charge is 0.328 e. The summed E-state index contributed by atoms with van der Waals surface area (Å²) in [6, 6.07) is -1.41. The Labute approximate surface area is 314 Å². The van der Waals surface area contributed by atoms with Gasteiger partial charge in [0.15, 0.2) is 0 Å². The van der Waals surface area contributed by atoms with Gasteiger partial charge in [-0.05, 0) is 89.5 Å². The monoisotopic (exact) mass is 725 g/mol. The van der Waals surface area contributed by atoms with E-state index >= 15 is 0 Å². The highest BCUT2D eigenvalue weighted by Crippen LogP contribution is 2.14. The average molecular weight is 725 g/mol. The van der Waals surface area contributed by atoms with E-state index in [2.05, 4.69) is 97.4 Å². The molecule has 0 rings (SSSR count). The number of hydrogen-bond acceptors (Lipinski definition) is 6. The number of esters is 1. The molecule has 0 aromatic carbocycles. The molecule has 52 heavy (non-hydrogen) atoms. The third-order valence-corrected chi connectivity index (χ3v) is 7.87. The minimum Gasteiger partial charge on any atom is -0.480 e.